The summed E-state index contributed by atoms with van der Waals surface area (Å²) in [5.74, 6) is 0.581. The zero-order valence-electron chi connectivity index (χ0n) is 16.8. The summed E-state index contributed by atoms with van der Waals surface area (Å²) in [5.41, 5.74) is 1.30. The minimum absolute atomic E-state index is 0.0481. The first kappa shape index (κ1) is 21.8. The van der Waals surface area contributed by atoms with Gasteiger partial charge in [0.25, 0.3) is 0 Å². The molecule has 6 atom stereocenters. The number of para-hydroxylation sites is 2. The third-order valence-electron chi connectivity index (χ3n) is 5.23. The van der Waals surface area contributed by atoms with Gasteiger partial charge in [0.1, 0.15) is 24.1 Å². The number of hydrogen-bond acceptors (Lipinski definition) is 7. The lowest BCUT2D eigenvalue weighted by Crippen LogP contribution is -2.54. The highest BCUT2D eigenvalue weighted by Crippen LogP contribution is 2.23. The second kappa shape index (κ2) is 9.61. The maximum atomic E-state index is 10.7. The van der Waals surface area contributed by atoms with Crippen molar-refractivity contribution < 1.29 is 19.7 Å². The molecule has 1 aromatic heterocycles. The minimum atomic E-state index is -0.997. The highest BCUT2D eigenvalue weighted by Gasteiger charge is 2.29. The summed E-state index contributed by atoms with van der Waals surface area (Å²) < 4.78 is 5.64. The Morgan fingerprint density at radius 1 is 1.00 bits per heavy atom. The van der Waals surface area contributed by atoms with Crippen molar-refractivity contribution in [2.24, 2.45) is 11.8 Å². The molecule has 3 unspecified atom stereocenters. The number of hydrogen-bond donors (Lipinski definition) is 5. The van der Waals surface area contributed by atoms with Crippen LogP contribution in [0.1, 0.15) is 53.0 Å². The van der Waals surface area contributed by atoms with E-state index in [1.165, 1.54) is 0 Å². The maximum absolute atomic E-state index is 10.7. The number of aromatic nitrogens is 1. The van der Waals surface area contributed by atoms with Gasteiger partial charge in [-0.1, -0.05) is 39.8 Å². The van der Waals surface area contributed by atoms with E-state index in [1.54, 1.807) is 13.0 Å². The molecule has 0 saturated heterocycles. The average molecular weight is 380 g/mol. The van der Waals surface area contributed by atoms with Crippen molar-refractivity contribution in [2.45, 2.75) is 71.7 Å². The monoisotopic (exact) mass is 379 g/mol. The van der Waals surface area contributed by atoms with Crippen molar-refractivity contribution in [1.82, 2.24) is 15.6 Å². The van der Waals surface area contributed by atoms with Crippen LogP contribution in [0.3, 0.4) is 0 Å². The molecule has 7 heteroatoms. The number of fused-ring (bicyclic) bond motifs is 1. The molecular formula is C20H33N3O4. The van der Waals surface area contributed by atoms with E-state index >= 15 is 0 Å². The van der Waals surface area contributed by atoms with Gasteiger partial charge in [0.05, 0.1) is 0 Å². The lowest BCUT2D eigenvalue weighted by Gasteiger charge is -2.31. The zero-order chi connectivity index (χ0) is 20.1. The number of oxazole rings is 1. The second-order valence-corrected chi connectivity index (χ2v) is 7.59. The molecule has 0 amide bonds. The lowest BCUT2D eigenvalue weighted by molar-refractivity contribution is 0.000000135. The van der Waals surface area contributed by atoms with E-state index in [1.807, 2.05) is 45.9 Å². The standard InChI is InChI=1S/C20H33N3O4/c1-6-14(17(24)20-23-15-9-7-8-10-16(15)27-20)22-19(26)13(5)21-18(25)12(4)11(2)3/h7-14,17-19,21-22,24-26H,6H2,1-5H3/t12-,13-,14-,17?,18?,19?/m0/s1. The molecule has 0 fully saturated rings. The lowest BCUT2D eigenvalue weighted by atomic mass is 9.96. The third-order valence-corrected chi connectivity index (χ3v) is 5.23. The van der Waals surface area contributed by atoms with Crippen LogP contribution in [-0.2, 0) is 0 Å². The van der Waals surface area contributed by atoms with Crippen LogP contribution in [0.15, 0.2) is 28.7 Å². The summed E-state index contributed by atoms with van der Waals surface area (Å²) in [4.78, 5) is 4.33. The fraction of sp³-hybridized carbons (Fsp3) is 0.650. The number of nitrogens with zero attached hydrogens (tertiary/aromatic N) is 1. The Bertz CT molecular complexity index is 672. The highest BCUT2D eigenvalue weighted by atomic mass is 16.4. The molecule has 1 heterocycles. The molecule has 2 rings (SSSR count). The van der Waals surface area contributed by atoms with Gasteiger partial charge in [-0.2, -0.15) is 0 Å². The van der Waals surface area contributed by atoms with Crippen LogP contribution in [0.2, 0.25) is 0 Å². The van der Waals surface area contributed by atoms with Gasteiger partial charge >= 0.3 is 0 Å². The third kappa shape index (κ3) is 5.49. The number of rotatable bonds is 10. The normalized spacial score (nSPS) is 19.0. The summed E-state index contributed by atoms with van der Waals surface area (Å²) in [6.45, 7) is 9.73. The molecule has 7 nitrogen and oxygen atoms in total. The van der Waals surface area contributed by atoms with E-state index in [9.17, 15) is 15.3 Å². The van der Waals surface area contributed by atoms with Crippen LogP contribution in [-0.4, -0.2) is 44.8 Å². The Hall–Kier alpha value is -1.51. The van der Waals surface area contributed by atoms with Gasteiger partial charge in [-0.05, 0) is 37.3 Å². The quantitative estimate of drug-likeness (QED) is 0.402. The smallest absolute Gasteiger partial charge is 0.225 e. The van der Waals surface area contributed by atoms with E-state index in [0.717, 1.165) is 0 Å². The summed E-state index contributed by atoms with van der Waals surface area (Å²) >= 11 is 0. The van der Waals surface area contributed by atoms with E-state index in [4.69, 9.17) is 4.42 Å². The van der Waals surface area contributed by atoms with Gasteiger partial charge in [-0.3, -0.25) is 10.6 Å². The van der Waals surface area contributed by atoms with Crippen LogP contribution < -0.4 is 10.6 Å². The summed E-state index contributed by atoms with van der Waals surface area (Å²) in [5, 5.41) is 37.4. The Morgan fingerprint density at radius 2 is 1.67 bits per heavy atom. The van der Waals surface area contributed by atoms with Gasteiger partial charge in [0.2, 0.25) is 5.89 Å². The Labute approximate surface area is 160 Å². The molecule has 2 aromatic rings. The van der Waals surface area contributed by atoms with Gasteiger partial charge in [0.15, 0.2) is 5.58 Å². The van der Waals surface area contributed by atoms with Gasteiger partial charge in [-0.15, -0.1) is 0 Å². The molecule has 5 N–H and O–H groups in total. The first-order valence-electron chi connectivity index (χ1n) is 9.66. The van der Waals surface area contributed by atoms with E-state index in [0.29, 0.717) is 23.4 Å². The van der Waals surface area contributed by atoms with Crippen LogP contribution in [0.25, 0.3) is 11.1 Å². The summed E-state index contributed by atoms with van der Waals surface area (Å²) in [6.07, 6.45) is -2.11. The zero-order valence-corrected chi connectivity index (χ0v) is 16.8. The maximum Gasteiger partial charge on any atom is 0.225 e. The predicted octanol–water partition coefficient (Wildman–Crippen LogP) is 2.14. The number of nitrogens with one attached hydrogen (secondary N) is 2. The van der Waals surface area contributed by atoms with E-state index in [2.05, 4.69) is 15.6 Å². The molecule has 0 saturated carbocycles. The average Bonchev–Trinajstić information content (AvgIpc) is 3.08. The molecular weight excluding hydrogens is 346 g/mol. The predicted molar refractivity (Wildman–Crippen MR) is 105 cm³/mol. The molecule has 0 bridgehead atoms. The van der Waals surface area contributed by atoms with Gasteiger partial charge in [-0.25, -0.2) is 4.98 Å². The summed E-state index contributed by atoms with van der Waals surface area (Å²) in [6, 6.07) is 6.46. The number of aliphatic hydroxyl groups excluding tert-OH is 3. The molecule has 27 heavy (non-hydrogen) atoms. The van der Waals surface area contributed by atoms with Crippen LogP contribution >= 0.6 is 0 Å². The first-order chi connectivity index (χ1) is 12.7. The largest absolute Gasteiger partial charge is 0.438 e. The van der Waals surface area contributed by atoms with Crippen LogP contribution in [0, 0.1) is 11.8 Å². The Morgan fingerprint density at radius 3 is 2.26 bits per heavy atom. The molecule has 0 spiro atoms. The minimum Gasteiger partial charge on any atom is -0.438 e. The van der Waals surface area contributed by atoms with Crippen molar-refractivity contribution in [1.29, 1.82) is 0 Å². The van der Waals surface area contributed by atoms with Crippen LogP contribution in [0.5, 0.6) is 0 Å². The van der Waals surface area contributed by atoms with E-state index < -0.39 is 30.6 Å². The van der Waals surface area contributed by atoms with Gasteiger partial charge < -0.3 is 19.7 Å². The first-order valence-corrected chi connectivity index (χ1v) is 9.66. The number of benzene rings is 1. The molecule has 152 valence electrons. The highest BCUT2D eigenvalue weighted by molar-refractivity contribution is 5.72. The van der Waals surface area contributed by atoms with Crippen molar-refractivity contribution in [3.63, 3.8) is 0 Å². The van der Waals surface area contributed by atoms with E-state index in [-0.39, 0.29) is 11.8 Å². The molecule has 0 aliphatic rings. The number of aliphatic hydroxyl groups is 3. The van der Waals surface area contributed by atoms with Gasteiger partial charge in [0, 0.05) is 12.1 Å². The Balaban J connectivity index is 1.99. The van der Waals surface area contributed by atoms with Crippen LogP contribution in [0.4, 0.5) is 0 Å². The molecule has 0 aliphatic carbocycles. The SMILES string of the molecule is CC[C@H](NC(O)[C@H](C)NC(O)[C@@H](C)C(C)C)C(O)c1nc2ccccc2o1. The van der Waals surface area contributed by atoms with Crippen molar-refractivity contribution >= 4 is 11.1 Å². The topological polar surface area (TPSA) is 111 Å². The fourth-order valence-corrected chi connectivity index (χ4v) is 2.86. The summed E-state index contributed by atoms with van der Waals surface area (Å²) in [7, 11) is 0. The second-order valence-electron chi connectivity index (χ2n) is 7.59. The fourth-order valence-electron chi connectivity index (χ4n) is 2.86. The van der Waals surface area contributed by atoms with Crippen molar-refractivity contribution in [2.75, 3.05) is 0 Å². The Kier molecular flexibility index (Phi) is 7.76. The molecule has 0 radical (unpaired) electrons. The van der Waals surface area contributed by atoms with Crippen molar-refractivity contribution in [3.05, 3.63) is 30.2 Å². The van der Waals surface area contributed by atoms with Crippen molar-refractivity contribution in [3.8, 4) is 0 Å². The molecule has 0 aliphatic heterocycles. The molecule has 1 aromatic carbocycles.